The fourth-order valence-corrected chi connectivity index (χ4v) is 4.20. The summed E-state index contributed by atoms with van der Waals surface area (Å²) in [6.45, 7) is 11.8. The van der Waals surface area contributed by atoms with E-state index in [-0.39, 0.29) is 5.54 Å². The first kappa shape index (κ1) is 20.8. The molecular weight excluding hydrogens is 364 g/mol. The van der Waals surface area contributed by atoms with Crippen molar-refractivity contribution in [3.05, 3.63) is 48.0 Å². The van der Waals surface area contributed by atoms with Gasteiger partial charge in [0, 0.05) is 30.4 Å². The molecule has 0 aliphatic rings. The van der Waals surface area contributed by atoms with E-state index < -0.39 is 0 Å². The molecule has 3 nitrogen and oxygen atoms in total. The van der Waals surface area contributed by atoms with Crippen LogP contribution in [0.3, 0.4) is 0 Å². The van der Waals surface area contributed by atoms with Gasteiger partial charge >= 0.3 is 0 Å². The lowest BCUT2D eigenvalue weighted by Gasteiger charge is -2.38. The summed E-state index contributed by atoms with van der Waals surface area (Å²) < 4.78 is 7.14. The van der Waals surface area contributed by atoms with Gasteiger partial charge in [0.05, 0.1) is 16.3 Å². The molecule has 0 aliphatic carbocycles. The number of hydrogen-bond donors (Lipinski definition) is 0. The van der Waals surface area contributed by atoms with E-state index in [1.807, 2.05) is 0 Å². The molecule has 0 aliphatic heterocycles. The molecule has 3 rings (SSSR count). The lowest BCUT2D eigenvalue weighted by atomic mass is 9.98. The van der Waals surface area contributed by atoms with Crippen molar-refractivity contribution in [1.29, 1.82) is 0 Å². The molecule has 150 valence electrons. The van der Waals surface area contributed by atoms with Gasteiger partial charge in [-0.15, -0.1) is 11.3 Å². The summed E-state index contributed by atoms with van der Waals surface area (Å²) in [5, 5.41) is 1.08. The summed E-state index contributed by atoms with van der Waals surface area (Å²) in [5.41, 5.74) is 4.78. The molecule has 1 aromatic heterocycles. The van der Waals surface area contributed by atoms with Gasteiger partial charge in [0.2, 0.25) is 0 Å². The summed E-state index contributed by atoms with van der Waals surface area (Å²) in [7, 11) is 2.17. The first-order chi connectivity index (χ1) is 13.3. The zero-order valence-electron chi connectivity index (χ0n) is 18.0. The van der Waals surface area contributed by atoms with Gasteiger partial charge in [-0.1, -0.05) is 13.0 Å². The van der Waals surface area contributed by atoms with E-state index in [0.717, 1.165) is 30.0 Å². The Morgan fingerprint density at radius 3 is 2.54 bits per heavy atom. The Morgan fingerprint density at radius 1 is 1.14 bits per heavy atom. The van der Waals surface area contributed by atoms with E-state index in [9.17, 15) is 0 Å². The second-order valence-corrected chi connectivity index (χ2v) is 9.28. The Morgan fingerprint density at radius 2 is 1.86 bits per heavy atom. The van der Waals surface area contributed by atoms with Crippen molar-refractivity contribution in [3.63, 3.8) is 0 Å². The van der Waals surface area contributed by atoms with E-state index in [0.29, 0.717) is 6.10 Å². The molecule has 3 aromatic rings. The summed E-state index contributed by atoms with van der Waals surface area (Å²) in [5.74, 6) is 0. The quantitative estimate of drug-likeness (QED) is 0.424. The maximum absolute atomic E-state index is 5.89. The molecule has 0 saturated carbocycles. The van der Waals surface area contributed by atoms with Gasteiger partial charge in [0.15, 0.2) is 0 Å². The van der Waals surface area contributed by atoms with E-state index in [1.165, 1.54) is 21.5 Å². The summed E-state index contributed by atoms with van der Waals surface area (Å²) >= 11 is 1.76. The third-order valence-electron chi connectivity index (χ3n) is 5.64. The van der Waals surface area contributed by atoms with Crippen LogP contribution in [-0.2, 0) is 4.74 Å². The van der Waals surface area contributed by atoms with Crippen molar-refractivity contribution >= 4 is 27.2 Å². The Kier molecular flexibility index (Phi) is 6.41. The minimum Gasteiger partial charge on any atom is -0.378 e. The van der Waals surface area contributed by atoms with Crippen molar-refractivity contribution in [3.8, 4) is 10.6 Å². The van der Waals surface area contributed by atoms with Gasteiger partial charge in [-0.2, -0.15) is 0 Å². The van der Waals surface area contributed by atoms with E-state index in [1.54, 1.807) is 11.3 Å². The van der Waals surface area contributed by atoms with E-state index >= 15 is 0 Å². The zero-order valence-corrected chi connectivity index (χ0v) is 18.8. The van der Waals surface area contributed by atoms with Crippen LogP contribution >= 0.6 is 11.3 Å². The van der Waals surface area contributed by atoms with Gasteiger partial charge < -0.3 is 9.64 Å². The smallest absolute Gasteiger partial charge is 0.124 e. The van der Waals surface area contributed by atoms with Crippen LogP contribution in [0.25, 0.3) is 20.8 Å². The van der Waals surface area contributed by atoms with Crippen molar-refractivity contribution < 1.29 is 4.74 Å². The van der Waals surface area contributed by atoms with E-state index in [2.05, 4.69) is 89.0 Å². The molecule has 1 heterocycles. The molecule has 1 atom stereocenters. The first-order valence-electron chi connectivity index (χ1n) is 10.1. The van der Waals surface area contributed by atoms with Crippen molar-refractivity contribution in [2.45, 2.75) is 59.1 Å². The second kappa shape index (κ2) is 8.62. The van der Waals surface area contributed by atoms with Crippen LogP contribution in [0.5, 0.6) is 0 Å². The van der Waals surface area contributed by atoms with Crippen molar-refractivity contribution in [2.24, 2.45) is 0 Å². The average Bonchev–Trinajstić information content (AvgIpc) is 3.10. The largest absolute Gasteiger partial charge is 0.378 e. The number of anilines is 1. The van der Waals surface area contributed by atoms with Crippen molar-refractivity contribution in [2.75, 3.05) is 18.6 Å². The molecule has 0 amide bonds. The van der Waals surface area contributed by atoms with Gasteiger partial charge in [-0.05, 0) is 82.5 Å². The zero-order chi connectivity index (χ0) is 20.3. The third-order valence-corrected chi connectivity index (χ3v) is 6.71. The number of ether oxygens (including phenoxy) is 1. The predicted octanol–water partition coefficient (Wildman–Crippen LogP) is 6.69. The Hall–Kier alpha value is -1.91. The molecule has 0 N–H and O–H groups in total. The Labute approximate surface area is 173 Å². The minimum absolute atomic E-state index is 0.0301. The number of aryl methyl sites for hydroxylation is 1. The topological polar surface area (TPSA) is 25.4 Å². The lowest BCUT2D eigenvalue weighted by molar-refractivity contribution is 0.0534. The monoisotopic (exact) mass is 396 g/mol. The van der Waals surface area contributed by atoms with Crippen LogP contribution in [0.15, 0.2) is 42.5 Å². The highest BCUT2D eigenvalue weighted by molar-refractivity contribution is 7.21. The van der Waals surface area contributed by atoms with Crippen molar-refractivity contribution in [1.82, 2.24) is 4.98 Å². The SMILES string of the molecule is CCC(C)OCCC(C)(C)N(C)c1ccc(-c2nc3ccc(C)cc3s2)cc1. The molecule has 1 unspecified atom stereocenters. The normalized spacial score (nSPS) is 13.1. The number of rotatable bonds is 8. The predicted molar refractivity (Wildman–Crippen MR) is 123 cm³/mol. The molecule has 28 heavy (non-hydrogen) atoms. The fourth-order valence-electron chi connectivity index (χ4n) is 3.13. The molecule has 4 heteroatoms. The van der Waals surface area contributed by atoms with Gasteiger partial charge in [-0.3, -0.25) is 0 Å². The van der Waals surface area contributed by atoms with Crippen LogP contribution in [0, 0.1) is 6.92 Å². The van der Waals surface area contributed by atoms with Gasteiger partial charge in [0.1, 0.15) is 5.01 Å². The molecule has 2 aromatic carbocycles. The number of thiazole rings is 1. The number of aromatic nitrogens is 1. The molecule has 0 fully saturated rings. The number of hydrogen-bond acceptors (Lipinski definition) is 4. The highest BCUT2D eigenvalue weighted by atomic mass is 32.1. The highest BCUT2D eigenvalue weighted by Crippen LogP contribution is 2.33. The van der Waals surface area contributed by atoms with Crippen LogP contribution in [0.4, 0.5) is 5.69 Å². The summed E-state index contributed by atoms with van der Waals surface area (Å²) in [6, 6.07) is 15.2. The Balaban J connectivity index is 1.71. The maximum atomic E-state index is 5.89. The van der Waals surface area contributed by atoms with Crippen LogP contribution in [-0.4, -0.2) is 30.3 Å². The fraction of sp³-hybridized carbons (Fsp3) is 0.458. The number of benzene rings is 2. The molecule has 0 spiro atoms. The first-order valence-corrected chi connectivity index (χ1v) is 10.9. The maximum Gasteiger partial charge on any atom is 0.124 e. The molecule has 0 radical (unpaired) electrons. The number of nitrogens with zero attached hydrogens (tertiary/aromatic N) is 2. The Bertz CT molecular complexity index is 914. The lowest BCUT2D eigenvalue weighted by Crippen LogP contribution is -2.42. The van der Waals surface area contributed by atoms with Crippen LogP contribution < -0.4 is 4.90 Å². The summed E-state index contributed by atoms with van der Waals surface area (Å²) in [6.07, 6.45) is 2.38. The number of fused-ring (bicyclic) bond motifs is 1. The molecule has 0 bridgehead atoms. The highest BCUT2D eigenvalue weighted by Gasteiger charge is 2.24. The minimum atomic E-state index is 0.0301. The van der Waals surface area contributed by atoms with E-state index in [4.69, 9.17) is 9.72 Å². The second-order valence-electron chi connectivity index (χ2n) is 8.25. The molecule has 0 saturated heterocycles. The van der Waals surface area contributed by atoms with Gasteiger partial charge in [-0.25, -0.2) is 4.98 Å². The van der Waals surface area contributed by atoms with Crippen LogP contribution in [0.1, 0.15) is 46.1 Å². The molecular formula is C24H32N2OS. The van der Waals surface area contributed by atoms with Gasteiger partial charge in [0.25, 0.3) is 0 Å². The standard InChI is InChI=1S/C24H32N2OS/c1-7-18(3)27-15-14-24(4,5)26(6)20-11-9-19(10-12-20)23-25-21-13-8-17(2)16-22(21)28-23/h8-13,16,18H,7,14-15H2,1-6H3. The third kappa shape index (κ3) is 4.73. The average molecular weight is 397 g/mol. The van der Waals surface area contributed by atoms with Crippen LogP contribution in [0.2, 0.25) is 0 Å². The summed E-state index contributed by atoms with van der Waals surface area (Å²) in [4.78, 5) is 7.15.